The second kappa shape index (κ2) is 13.9. The van der Waals surface area contributed by atoms with Gasteiger partial charge in [0.1, 0.15) is 0 Å². The van der Waals surface area contributed by atoms with Crippen molar-refractivity contribution in [2.24, 2.45) is 5.92 Å². The molecule has 4 rings (SSSR count). The first-order valence-corrected chi connectivity index (χ1v) is 15.4. The number of nitrogens with zero attached hydrogens (tertiary/aromatic N) is 5. The van der Waals surface area contributed by atoms with Crippen molar-refractivity contribution in [2.75, 3.05) is 80.8 Å². The van der Waals surface area contributed by atoms with Gasteiger partial charge in [0.15, 0.2) is 11.5 Å². The minimum Gasteiger partial charge on any atom is -0.481 e. The fourth-order valence-corrected chi connectivity index (χ4v) is 6.34. The molecule has 12 heteroatoms. The highest BCUT2D eigenvalue weighted by atomic mass is 16.7. The summed E-state index contributed by atoms with van der Waals surface area (Å²) in [6.45, 7) is 5.33. The van der Waals surface area contributed by atoms with E-state index in [0.717, 1.165) is 35.9 Å². The van der Waals surface area contributed by atoms with Crippen LogP contribution in [0, 0.1) is 5.92 Å². The Morgan fingerprint density at radius 3 is 2.51 bits per heavy atom. The SMILES string of the molecule is CCCCN(CCC[N+](C)(C)C)C(=O)CN1C[C@H](c2ccc3c(c2)OCO3)[C@@H](C(=O)O)[C@@H]1CCN1C(=O)CCN(C)C1=O. The third-order valence-corrected chi connectivity index (χ3v) is 8.76. The lowest BCUT2D eigenvalue weighted by atomic mass is 9.84. The Labute approximate surface area is 254 Å². The first-order valence-electron chi connectivity index (χ1n) is 15.4. The zero-order chi connectivity index (χ0) is 31.3. The van der Waals surface area contributed by atoms with Crippen molar-refractivity contribution in [3.05, 3.63) is 23.8 Å². The first-order chi connectivity index (χ1) is 20.4. The monoisotopic (exact) mass is 602 g/mol. The predicted octanol–water partition coefficient (Wildman–Crippen LogP) is 2.28. The number of quaternary nitrogens is 1. The van der Waals surface area contributed by atoms with E-state index in [-0.39, 0.29) is 50.6 Å². The molecule has 1 aromatic rings. The average molecular weight is 603 g/mol. The van der Waals surface area contributed by atoms with Gasteiger partial charge in [-0.15, -0.1) is 0 Å². The number of imide groups is 1. The van der Waals surface area contributed by atoms with Gasteiger partial charge in [-0.05, 0) is 30.5 Å². The van der Waals surface area contributed by atoms with Gasteiger partial charge in [0, 0.05) is 64.6 Å². The molecule has 3 aliphatic rings. The van der Waals surface area contributed by atoms with Crippen molar-refractivity contribution in [1.82, 2.24) is 19.6 Å². The van der Waals surface area contributed by atoms with Gasteiger partial charge >= 0.3 is 12.0 Å². The lowest BCUT2D eigenvalue weighted by Gasteiger charge is -2.34. The number of urea groups is 1. The fraction of sp³-hybridized carbons (Fsp3) is 0.677. The molecule has 3 aliphatic heterocycles. The number of carbonyl (C=O) groups excluding carboxylic acids is 3. The van der Waals surface area contributed by atoms with Gasteiger partial charge in [-0.1, -0.05) is 19.4 Å². The second-order valence-corrected chi connectivity index (χ2v) is 13.0. The van der Waals surface area contributed by atoms with E-state index in [4.69, 9.17) is 9.47 Å². The van der Waals surface area contributed by atoms with E-state index in [1.54, 1.807) is 13.1 Å². The summed E-state index contributed by atoms with van der Waals surface area (Å²) in [5.74, 6) is -1.33. The van der Waals surface area contributed by atoms with Crippen molar-refractivity contribution < 1.29 is 38.2 Å². The molecule has 1 N–H and O–H groups in total. The molecule has 238 valence electrons. The molecule has 1 aromatic carbocycles. The van der Waals surface area contributed by atoms with Gasteiger partial charge in [0.05, 0.1) is 40.2 Å². The summed E-state index contributed by atoms with van der Waals surface area (Å²) in [6.07, 6.45) is 3.21. The lowest BCUT2D eigenvalue weighted by molar-refractivity contribution is -0.870. The van der Waals surface area contributed by atoms with Crippen LogP contribution >= 0.6 is 0 Å². The number of carboxylic acids is 1. The molecule has 12 nitrogen and oxygen atoms in total. The van der Waals surface area contributed by atoms with Crippen LogP contribution in [0.15, 0.2) is 18.2 Å². The second-order valence-electron chi connectivity index (χ2n) is 13.0. The Bertz CT molecular complexity index is 1190. The van der Waals surface area contributed by atoms with Crippen LogP contribution in [0.4, 0.5) is 4.79 Å². The number of hydrogen-bond donors (Lipinski definition) is 1. The summed E-state index contributed by atoms with van der Waals surface area (Å²) in [6, 6.07) is 4.56. The number of rotatable bonds is 14. The van der Waals surface area contributed by atoms with Crippen molar-refractivity contribution in [3.63, 3.8) is 0 Å². The topological polar surface area (TPSA) is 120 Å². The minimum atomic E-state index is -0.971. The van der Waals surface area contributed by atoms with Crippen molar-refractivity contribution >= 4 is 23.8 Å². The number of fused-ring (bicyclic) bond motifs is 1. The number of aliphatic carboxylic acids is 1. The molecule has 0 radical (unpaired) electrons. The molecule has 3 atom stereocenters. The Kier molecular flexibility index (Phi) is 10.5. The molecule has 0 saturated carbocycles. The fourth-order valence-electron chi connectivity index (χ4n) is 6.34. The molecule has 0 unspecified atom stereocenters. The van der Waals surface area contributed by atoms with Crippen LogP contribution in [-0.4, -0.2) is 140 Å². The van der Waals surface area contributed by atoms with E-state index in [1.165, 1.54) is 9.80 Å². The van der Waals surface area contributed by atoms with Crippen molar-refractivity contribution in [3.8, 4) is 11.5 Å². The molecule has 3 heterocycles. The van der Waals surface area contributed by atoms with Crippen LogP contribution in [0.3, 0.4) is 0 Å². The third-order valence-electron chi connectivity index (χ3n) is 8.76. The molecule has 2 fully saturated rings. The van der Waals surface area contributed by atoms with E-state index >= 15 is 0 Å². The zero-order valence-corrected chi connectivity index (χ0v) is 26.3. The summed E-state index contributed by atoms with van der Waals surface area (Å²) >= 11 is 0. The Hall–Kier alpha value is -3.38. The van der Waals surface area contributed by atoms with Gasteiger partial charge in [-0.3, -0.25) is 24.2 Å². The van der Waals surface area contributed by atoms with E-state index in [0.29, 0.717) is 37.7 Å². The smallest absolute Gasteiger partial charge is 0.326 e. The molecule has 2 saturated heterocycles. The number of hydrogen-bond acceptors (Lipinski definition) is 7. The maximum absolute atomic E-state index is 13.8. The lowest BCUT2D eigenvalue weighted by Crippen LogP contribution is -2.52. The Morgan fingerprint density at radius 1 is 1.09 bits per heavy atom. The zero-order valence-electron chi connectivity index (χ0n) is 26.3. The standard InChI is InChI=1S/C31H47N5O7/c1-6-7-13-33(14-8-17-36(3,4)5)28(38)20-34-19-23(22-9-10-25-26(18-22)43-21-42-25)29(30(39)40)24(34)11-16-35-27(37)12-15-32(2)31(35)41/h9-10,18,23-24,29H,6-8,11-17,19-21H2,1-5H3/p+1/t23-,24+,29-/m1/s1. The summed E-state index contributed by atoms with van der Waals surface area (Å²) < 4.78 is 11.8. The van der Waals surface area contributed by atoms with Crippen molar-refractivity contribution in [1.29, 1.82) is 0 Å². The Morgan fingerprint density at radius 2 is 1.81 bits per heavy atom. The Balaban J connectivity index is 1.58. The number of carboxylic acid groups (broad SMARTS) is 1. The van der Waals surface area contributed by atoms with E-state index in [9.17, 15) is 24.3 Å². The summed E-state index contributed by atoms with van der Waals surface area (Å²) in [4.78, 5) is 58.7. The molecule has 0 aromatic heterocycles. The highest BCUT2D eigenvalue weighted by Crippen LogP contribution is 2.42. The van der Waals surface area contributed by atoms with Crippen LogP contribution in [0.5, 0.6) is 11.5 Å². The van der Waals surface area contributed by atoms with E-state index < -0.39 is 23.8 Å². The maximum Gasteiger partial charge on any atom is 0.326 e. The molecule has 0 aliphatic carbocycles. The van der Waals surface area contributed by atoms with Crippen molar-refractivity contribution in [2.45, 2.75) is 51.0 Å². The number of carbonyl (C=O) groups is 4. The predicted molar refractivity (Wildman–Crippen MR) is 160 cm³/mol. The number of likely N-dealkylation sites (tertiary alicyclic amines) is 1. The third kappa shape index (κ3) is 7.97. The van der Waals surface area contributed by atoms with E-state index in [2.05, 4.69) is 28.1 Å². The number of ether oxygens (including phenoxy) is 2. The van der Waals surface area contributed by atoms with Gasteiger partial charge in [-0.2, -0.15) is 0 Å². The number of unbranched alkanes of at least 4 members (excludes halogenated alkanes) is 1. The molecule has 0 bridgehead atoms. The first kappa shape index (κ1) is 32.5. The van der Waals surface area contributed by atoms with Gasteiger partial charge < -0.3 is 28.9 Å². The van der Waals surface area contributed by atoms with Crippen LogP contribution < -0.4 is 9.47 Å². The highest BCUT2D eigenvalue weighted by molar-refractivity contribution is 5.96. The summed E-state index contributed by atoms with van der Waals surface area (Å²) in [5.41, 5.74) is 0.798. The van der Waals surface area contributed by atoms with Gasteiger partial charge in [0.25, 0.3) is 0 Å². The highest BCUT2D eigenvalue weighted by Gasteiger charge is 2.48. The molecular formula is C31H48N5O7+. The maximum atomic E-state index is 13.8. The average Bonchev–Trinajstić information content (AvgIpc) is 3.56. The molecule has 4 amide bonds. The normalized spacial score (nSPS) is 22.4. The quantitative estimate of drug-likeness (QED) is 0.322. The van der Waals surface area contributed by atoms with Crippen LogP contribution in [0.1, 0.15) is 50.5 Å². The number of benzene rings is 1. The van der Waals surface area contributed by atoms with Gasteiger partial charge in [-0.25, -0.2) is 4.79 Å². The van der Waals surface area contributed by atoms with Crippen LogP contribution in [0.25, 0.3) is 0 Å². The van der Waals surface area contributed by atoms with Gasteiger partial charge in [0.2, 0.25) is 18.6 Å². The minimum absolute atomic E-state index is 0.0276. The largest absolute Gasteiger partial charge is 0.481 e. The molecule has 43 heavy (non-hydrogen) atoms. The molecular weight excluding hydrogens is 554 g/mol. The summed E-state index contributed by atoms with van der Waals surface area (Å²) in [7, 11) is 8.04. The summed E-state index contributed by atoms with van der Waals surface area (Å²) in [5, 5.41) is 10.5. The van der Waals surface area contributed by atoms with E-state index in [1.807, 2.05) is 21.9 Å². The van der Waals surface area contributed by atoms with Crippen LogP contribution in [0.2, 0.25) is 0 Å². The van der Waals surface area contributed by atoms with Crippen LogP contribution in [-0.2, 0) is 14.4 Å². The number of amides is 4. The molecule has 0 spiro atoms.